The molecule has 0 atom stereocenters. The first kappa shape index (κ1) is 20.8. The largest absolute Gasteiger partial charge is 0.372 e. The second kappa shape index (κ2) is 8.45. The van der Waals surface area contributed by atoms with Crippen LogP contribution in [0, 0.1) is 13.8 Å². The number of likely N-dealkylation sites (tertiary alicyclic amines) is 1. The van der Waals surface area contributed by atoms with Crippen LogP contribution in [0.4, 0.5) is 11.4 Å². The summed E-state index contributed by atoms with van der Waals surface area (Å²) < 4.78 is 0. The average molecular weight is 430 g/mol. The van der Waals surface area contributed by atoms with E-state index in [1.165, 1.54) is 24.2 Å². The monoisotopic (exact) mass is 429 g/mol. The minimum absolute atomic E-state index is 0.194. The van der Waals surface area contributed by atoms with E-state index in [9.17, 15) is 9.59 Å². The van der Waals surface area contributed by atoms with Crippen LogP contribution in [0.15, 0.2) is 48.2 Å². The molecule has 0 radical (unpaired) electrons. The lowest BCUT2D eigenvalue weighted by Gasteiger charge is -2.29. The summed E-state index contributed by atoms with van der Waals surface area (Å²) in [5, 5.41) is 0. The molecule has 2 aromatic rings. The second-order valence-corrected chi connectivity index (χ2v) is 9.25. The Morgan fingerprint density at radius 3 is 1.91 bits per heavy atom. The third-order valence-electron chi connectivity index (χ3n) is 6.96. The number of benzene rings is 2. The number of piperidine rings is 1. The molecule has 5 heteroatoms. The highest BCUT2D eigenvalue weighted by Crippen LogP contribution is 2.37. The number of hydrogen-bond donors (Lipinski definition) is 0. The number of carbonyl (C=O) groups is 2. The van der Waals surface area contributed by atoms with E-state index in [0.717, 1.165) is 61.4 Å². The van der Waals surface area contributed by atoms with Gasteiger partial charge in [0.05, 0.1) is 11.3 Å². The molecule has 166 valence electrons. The summed E-state index contributed by atoms with van der Waals surface area (Å²) in [4.78, 5) is 33.3. The third-order valence-corrected chi connectivity index (χ3v) is 6.96. The maximum atomic E-state index is 13.8. The van der Waals surface area contributed by atoms with Gasteiger partial charge in [-0.2, -0.15) is 0 Å². The Hall–Kier alpha value is -3.08. The molecule has 5 rings (SSSR count). The number of imide groups is 1. The lowest BCUT2D eigenvalue weighted by atomic mass is 9.97. The molecular formula is C27H31N3O2. The molecule has 0 aromatic heterocycles. The van der Waals surface area contributed by atoms with E-state index in [4.69, 9.17) is 0 Å². The first-order chi connectivity index (χ1) is 15.5. The van der Waals surface area contributed by atoms with Gasteiger partial charge in [-0.05, 0) is 81.3 Å². The summed E-state index contributed by atoms with van der Waals surface area (Å²) in [6.07, 6.45) is 5.71. The van der Waals surface area contributed by atoms with Crippen LogP contribution in [-0.2, 0) is 9.59 Å². The van der Waals surface area contributed by atoms with Crippen LogP contribution >= 0.6 is 0 Å². The molecule has 3 aliphatic rings. The number of rotatable bonds is 4. The number of carbonyl (C=O) groups excluding carboxylic acids is 2. The summed E-state index contributed by atoms with van der Waals surface area (Å²) in [5.41, 5.74) is 5.98. The van der Waals surface area contributed by atoms with Crippen molar-refractivity contribution < 1.29 is 9.59 Å². The van der Waals surface area contributed by atoms with Crippen molar-refractivity contribution in [3.05, 3.63) is 64.9 Å². The van der Waals surface area contributed by atoms with Gasteiger partial charge >= 0.3 is 0 Å². The molecule has 0 aliphatic carbocycles. The van der Waals surface area contributed by atoms with Gasteiger partial charge in [-0.3, -0.25) is 9.59 Å². The zero-order chi connectivity index (χ0) is 22.2. The maximum Gasteiger partial charge on any atom is 0.282 e. The van der Waals surface area contributed by atoms with Gasteiger partial charge in [0.25, 0.3) is 11.8 Å². The van der Waals surface area contributed by atoms with Crippen LogP contribution < -0.4 is 9.80 Å². The highest BCUT2D eigenvalue weighted by molar-refractivity contribution is 6.45. The third kappa shape index (κ3) is 3.60. The maximum absolute atomic E-state index is 13.8. The fourth-order valence-corrected chi connectivity index (χ4v) is 5.29. The second-order valence-electron chi connectivity index (χ2n) is 9.25. The van der Waals surface area contributed by atoms with Crippen LogP contribution in [0.25, 0.3) is 5.57 Å². The van der Waals surface area contributed by atoms with Crippen molar-refractivity contribution in [2.24, 2.45) is 0 Å². The van der Waals surface area contributed by atoms with E-state index in [2.05, 4.69) is 15.9 Å². The summed E-state index contributed by atoms with van der Waals surface area (Å²) in [5.74, 6) is -0.405. The zero-order valence-electron chi connectivity index (χ0n) is 19.1. The van der Waals surface area contributed by atoms with Gasteiger partial charge in [0.2, 0.25) is 0 Å². The summed E-state index contributed by atoms with van der Waals surface area (Å²) >= 11 is 0. The predicted octanol–water partition coefficient (Wildman–Crippen LogP) is 4.67. The molecular weight excluding hydrogens is 398 g/mol. The van der Waals surface area contributed by atoms with Crippen LogP contribution in [-0.4, -0.2) is 42.9 Å². The Bertz CT molecular complexity index is 1070. The highest BCUT2D eigenvalue weighted by atomic mass is 16.2. The van der Waals surface area contributed by atoms with E-state index < -0.39 is 0 Å². The number of nitrogens with zero attached hydrogens (tertiary/aromatic N) is 3. The highest BCUT2D eigenvalue weighted by Gasteiger charge is 2.43. The smallest absolute Gasteiger partial charge is 0.282 e. The van der Waals surface area contributed by atoms with Crippen LogP contribution in [0.5, 0.6) is 0 Å². The molecule has 0 spiro atoms. The molecule has 2 saturated heterocycles. The van der Waals surface area contributed by atoms with Crippen molar-refractivity contribution in [3.63, 3.8) is 0 Å². The quantitative estimate of drug-likeness (QED) is 0.663. The van der Waals surface area contributed by atoms with E-state index in [1.807, 2.05) is 50.2 Å². The zero-order valence-corrected chi connectivity index (χ0v) is 19.1. The molecule has 0 unspecified atom stereocenters. The van der Waals surface area contributed by atoms with Gasteiger partial charge in [0, 0.05) is 31.9 Å². The normalized spacial score (nSPS) is 19.5. The van der Waals surface area contributed by atoms with Crippen molar-refractivity contribution in [3.8, 4) is 0 Å². The first-order valence-corrected chi connectivity index (χ1v) is 11.9. The fourth-order valence-electron chi connectivity index (χ4n) is 5.29. The summed E-state index contributed by atoms with van der Waals surface area (Å²) in [6.45, 7) is 7.85. The molecule has 3 aliphatic heterocycles. The van der Waals surface area contributed by atoms with Gasteiger partial charge < -0.3 is 9.80 Å². The Balaban J connectivity index is 1.54. The van der Waals surface area contributed by atoms with E-state index in [-0.39, 0.29) is 11.8 Å². The van der Waals surface area contributed by atoms with Crippen LogP contribution in [0.3, 0.4) is 0 Å². The molecule has 0 N–H and O–H groups in total. The van der Waals surface area contributed by atoms with Crippen molar-refractivity contribution in [1.82, 2.24) is 4.90 Å². The summed E-state index contributed by atoms with van der Waals surface area (Å²) in [6, 6.07) is 14.0. The van der Waals surface area contributed by atoms with Crippen molar-refractivity contribution in [2.75, 3.05) is 36.0 Å². The van der Waals surface area contributed by atoms with Gasteiger partial charge in [0.1, 0.15) is 5.70 Å². The lowest BCUT2D eigenvalue weighted by Crippen LogP contribution is -2.37. The number of aryl methyl sites for hydroxylation is 2. The van der Waals surface area contributed by atoms with E-state index in [1.54, 1.807) is 0 Å². The Kier molecular flexibility index (Phi) is 5.50. The van der Waals surface area contributed by atoms with Crippen LogP contribution in [0.2, 0.25) is 0 Å². The van der Waals surface area contributed by atoms with Crippen molar-refractivity contribution >= 4 is 28.8 Å². The molecule has 2 fully saturated rings. The Morgan fingerprint density at radius 1 is 0.656 bits per heavy atom. The molecule has 3 heterocycles. The van der Waals surface area contributed by atoms with Gasteiger partial charge in [-0.25, -0.2) is 4.90 Å². The van der Waals surface area contributed by atoms with Crippen LogP contribution in [0.1, 0.15) is 48.8 Å². The number of hydrogen-bond acceptors (Lipinski definition) is 4. The first-order valence-electron chi connectivity index (χ1n) is 11.9. The van der Waals surface area contributed by atoms with Crippen molar-refractivity contribution in [1.29, 1.82) is 0 Å². The molecule has 2 amide bonds. The number of amides is 2. The summed E-state index contributed by atoms with van der Waals surface area (Å²) in [7, 11) is 0. The standard InChI is InChI=1S/C27H31N3O2/c1-19-8-13-23(20(2)18-19)24-25(29-16-4-3-5-17-29)27(32)30(26(24)31)22-11-9-21(10-12-22)28-14-6-7-15-28/h8-13,18H,3-7,14-17H2,1-2H3. The van der Waals surface area contributed by atoms with Gasteiger partial charge in [-0.1, -0.05) is 23.8 Å². The van der Waals surface area contributed by atoms with Gasteiger partial charge in [-0.15, -0.1) is 0 Å². The molecule has 0 bridgehead atoms. The SMILES string of the molecule is Cc1ccc(C2=C(N3CCCCC3)C(=O)N(c3ccc(N4CCCC4)cc3)C2=O)c(C)c1. The minimum Gasteiger partial charge on any atom is -0.372 e. The molecule has 32 heavy (non-hydrogen) atoms. The average Bonchev–Trinajstić information content (AvgIpc) is 3.42. The number of anilines is 2. The molecule has 0 saturated carbocycles. The minimum atomic E-state index is -0.212. The lowest BCUT2D eigenvalue weighted by molar-refractivity contribution is -0.120. The fraction of sp³-hybridized carbons (Fsp3) is 0.407. The Labute approximate surface area is 190 Å². The van der Waals surface area contributed by atoms with Crippen molar-refractivity contribution in [2.45, 2.75) is 46.0 Å². The topological polar surface area (TPSA) is 43.9 Å². The van der Waals surface area contributed by atoms with E-state index in [0.29, 0.717) is 17.0 Å². The van der Waals surface area contributed by atoms with Gasteiger partial charge in [0.15, 0.2) is 0 Å². The molecule has 5 nitrogen and oxygen atoms in total. The van der Waals surface area contributed by atoms with E-state index >= 15 is 0 Å². The molecule has 2 aromatic carbocycles. The predicted molar refractivity (Wildman–Crippen MR) is 129 cm³/mol. The Morgan fingerprint density at radius 2 is 1.25 bits per heavy atom.